The lowest BCUT2D eigenvalue weighted by molar-refractivity contribution is -0.190. The van der Waals surface area contributed by atoms with Crippen LogP contribution in [0.4, 0.5) is 30.7 Å². The van der Waals surface area contributed by atoms with Gasteiger partial charge >= 0.3 is 12.3 Å². The molecule has 2 unspecified atom stereocenters. The van der Waals surface area contributed by atoms with Crippen LogP contribution < -0.4 is 4.74 Å². The highest BCUT2D eigenvalue weighted by Gasteiger charge is 2.42. The monoisotopic (exact) mass is 540 g/mol. The van der Waals surface area contributed by atoms with Crippen molar-refractivity contribution in [1.29, 1.82) is 0 Å². The molecule has 9 heteroatoms. The van der Waals surface area contributed by atoms with Crippen LogP contribution in [0.5, 0.6) is 5.75 Å². The highest BCUT2D eigenvalue weighted by molar-refractivity contribution is 5.72. The molecule has 204 valence electrons. The molecule has 0 saturated carbocycles. The SMILES string of the molecule is Cc1ccc(OC(F)(F)c2c(F)cc(-c3c(C)cc(C4CCC(C)CO4)cc3C)cc2F)cc1C(F)(F)F. The maximum atomic E-state index is 15.0. The summed E-state index contributed by atoms with van der Waals surface area (Å²) in [5, 5.41) is 0. The Morgan fingerprint density at radius 2 is 1.42 bits per heavy atom. The van der Waals surface area contributed by atoms with Crippen molar-refractivity contribution >= 4 is 0 Å². The number of hydrogen-bond donors (Lipinski definition) is 0. The summed E-state index contributed by atoms with van der Waals surface area (Å²) in [6.45, 7) is 7.42. The average molecular weight is 541 g/mol. The summed E-state index contributed by atoms with van der Waals surface area (Å²) in [6.07, 6.45) is -7.63. The summed E-state index contributed by atoms with van der Waals surface area (Å²) in [6, 6.07) is 7.48. The van der Waals surface area contributed by atoms with E-state index in [9.17, 15) is 30.7 Å². The van der Waals surface area contributed by atoms with Crippen LogP contribution in [0.15, 0.2) is 42.5 Å². The second kappa shape index (κ2) is 10.2. The van der Waals surface area contributed by atoms with Crippen molar-refractivity contribution in [2.75, 3.05) is 6.61 Å². The zero-order chi connectivity index (χ0) is 28.0. The molecule has 0 spiro atoms. The van der Waals surface area contributed by atoms with Gasteiger partial charge < -0.3 is 9.47 Å². The Kier molecular flexibility index (Phi) is 7.54. The van der Waals surface area contributed by atoms with E-state index in [4.69, 9.17) is 4.74 Å². The number of alkyl halides is 5. The first kappa shape index (κ1) is 28.0. The zero-order valence-electron chi connectivity index (χ0n) is 21.3. The minimum atomic E-state index is -4.82. The molecule has 1 saturated heterocycles. The number of benzene rings is 3. The minimum absolute atomic E-state index is 0.0500. The average Bonchev–Trinajstić information content (AvgIpc) is 2.79. The number of halogens is 7. The second-order valence-electron chi connectivity index (χ2n) is 9.94. The topological polar surface area (TPSA) is 18.5 Å². The number of ether oxygens (including phenoxy) is 2. The third-order valence-electron chi connectivity index (χ3n) is 6.81. The van der Waals surface area contributed by atoms with E-state index in [0.717, 1.165) is 49.6 Å². The van der Waals surface area contributed by atoms with Gasteiger partial charge in [-0.15, -0.1) is 0 Å². The molecule has 3 aromatic rings. The molecule has 3 aromatic carbocycles. The predicted molar refractivity (Wildman–Crippen MR) is 129 cm³/mol. The molecule has 0 N–H and O–H groups in total. The molecule has 0 amide bonds. The first-order valence-electron chi connectivity index (χ1n) is 12.1. The second-order valence-corrected chi connectivity index (χ2v) is 9.94. The fourth-order valence-electron chi connectivity index (χ4n) is 4.95. The van der Waals surface area contributed by atoms with E-state index < -0.39 is 40.8 Å². The molecule has 0 bridgehead atoms. The molecule has 0 aromatic heterocycles. The smallest absolute Gasteiger partial charge is 0.429 e. The highest BCUT2D eigenvalue weighted by Crippen LogP contribution is 2.41. The Morgan fingerprint density at radius 1 is 0.816 bits per heavy atom. The fraction of sp³-hybridized carbons (Fsp3) is 0.379. The molecule has 1 fully saturated rings. The van der Waals surface area contributed by atoms with Crippen molar-refractivity contribution in [3.63, 3.8) is 0 Å². The summed E-state index contributed by atoms with van der Waals surface area (Å²) < 4.78 is 110. The van der Waals surface area contributed by atoms with Crippen LogP contribution >= 0.6 is 0 Å². The van der Waals surface area contributed by atoms with Crippen LogP contribution in [0.1, 0.15) is 59.3 Å². The Bertz CT molecular complexity index is 1290. The van der Waals surface area contributed by atoms with E-state index in [2.05, 4.69) is 11.7 Å². The van der Waals surface area contributed by atoms with Crippen LogP contribution in [0.3, 0.4) is 0 Å². The van der Waals surface area contributed by atoms with Crippen molar-refractivity contribution < 1.29 is 40.2 Å². The first-order valence-corrected chi connectivity index (χ1v) is 12.1. The quantitative estimate of drug-likeness (QED) is 0.301. The van der Waals surface area contributed by atoms with E-state index in [-0.39, 0.29) is 17.2 Å². The van der Waals surface area contributed by atoms with Gasteiger partial charge in [-0.2, -0.15) is 22.0 Å². The molecular weight excluding hydrogens is 513 g/mol. The van der Waals surface area contributed by atoms with E-state index in [1.165, 1.54) is 0 Å². The van der Waals surface area contributed by atoms with Crippen molar-refractivity contribution in [3.05, 3.63) is 87.5 Å². The van der Waals surface area contributed by atoms with Gasteiger partial charge in [0.2, 0.25) is 0 Å². The Labute approximate surface area is 216 Å². The largest absolute Gasteiger partial charge is 0.432 e. The van der Waals surface area contributed by atoms with Gasteiger partial charge in [0.1, 0.15) is 22.9 Å². The van der Waals surface area contributed by atoms with Gasteiger partial charge in [-0.05, 0) is 97.2 Å². The van der Waals surface area contributed by atoms with Gasteiger partial charge in [0.05, 0.1) is 11.7 Å². The van der Waals surface area contributed by atoms with Crippen LogP contribution in [0.25, 0.3) is 11.1 Å². The molecular formula is C29H27F7O2. The highest BCUT2D eigenvalue weighted by atomic mass is 19.4. The summed E-state index contributed by atoms with van der Waals surface area (Å²) in [5.41, 5.74) is -0.238. The predicted octanol–water partition coefficient (Wildman–Crippen LogP) is 9.19. The maximum absolute atomic E-state index is 15.0. The normalized spacial score (nSPS) is 18.5. The third kappa shape index (κ3) is 5.67. The minimum Gasteiger partial charge on any atom is -0.429 e. The summed E-state index contributed by atoms with van der Waals surface area (Å²) in [7, 11) is 0. The van der Waals surface area contributed by atoms with E-state index in [1.54, 1.807) is 13.8 Å². The van der Waals surface area contributed by atoms with Gasteiger partial charge in [0, 0.05) is 6.61 Å². The summed E-state index contributed by atoms with van der Waals surface area (Å²) >= 11 is 0. The molecule has 0 aliphatic carbocycles. The Balaban J connectivity index is 1.66. The third-order valence-corrected chi connectivity index (χ3v) is 6.81. The van der Waals surface area contributed by atoms with Gasteiger partial charge in [0.15, 0.2) is 0 Å². The number of aryl methyl sites for hydroxylation is 3. The van der Waals surface area contributed by atoms with E-state index in [0.29, 0.717) is 35.3 Å². The molecule has 2 nitrogen and oxygen atoms in total. The Morgan fingerprint density at radius 3 is 1.95 bits per heavy atom. The lowest BCUT2D eigenvalue weighted by atomic mass is 9.89. The van der Waals surface area contributed by atoms with Crippen molar-refractivity contribution in [2.24, 2.45) is 5.92 Å². The molecule has 1 aliphatic rings. The van der Waals surface area contributed by atoms with Crippen molar-refractivity contribution in [1.82, 2.24) is 0 Å². The Hall–Kier alpha value is -3.07. The van der Waals surface area contributed by atoms with E-state index in [1.807, 2.05) is 12.1 Å². The van der Waals surface area contributed by atoms with E-state index >= 15 is 0 Å². The summed E-state index contributed by atoms with van der Waals surface area (Å²) in [5.74, 6) is -3.57. The van der Waals surface area contributed by atoms with Crippen LogP contribution in [0, 0.1) is 38.3 Å². The summed E-state index contributed by atoms with van der Waals surface area (Å²) in [4.78, 5) is 0. The molecule has 1 heterocycles. The van der Waals surface area contributed by atoms with Gasteiger partial charge in [-0.25, -0.2) is 8.78 Å². The number of hydrogen-bond acceptors (Lipinski definition) is 2. The zero-order valence-corrected chi connectivity index (χ0v) is 21.3. The van der Waals surface area contributed by atoms with Gasteiger partial charge in [0.25, 0.3) is 0 Å². The van der Waals surface area contributed by atoms with Gasteiger partial charge in [-0.3, -0.25) is 0 Å². The molecule has 2 atom stereocenters. The van der Waals surface area contributed by atoms with Crippen LogP contribution in [0.2, 0.25) is 0 Å². The van der Waals surface area contributed by atoms with Crippen molar-refractivity contribution in [2.45, 2.75) is 58.9 Å². The lowest BCUT2D eigenvalue weighted by Crippen LogP contribution is -2.25. The fourth-order valence-corrected chi connectivity index (χ4v) is 4.95. The van der Waals surface area contributed by atoms with Crippen molar-refractivity contribution in [3.8, 4) is 16.9 Å². The number of rotatable bonds is 5. The molecule has 38 heavy (non-hydrogen) atoms. The lowest BCUT2D eigenvalue weighted by Gasteiger charge is -2.28. The van der Waals surface area contributed by atoms with Gasteiger partial charge in [-0.1, -0.05) is 25.1 Å². The molecule has 4 rings (SSSR count). The standard InChI is InChI=1S/C29H27F7O2/c1-15-5-8-25(37-14-15)19-9-17(3)26(18(4)10-19)20-11-23(30)27(24(31)12-20)29(35,36)38-21-7-6-16(2)22(13-21)28(32,33)34/h6-7,9-13,15,25H,5,8,14H2,1-4H3. The van der Waals surface area contributed by atoms with Crippen LogP contribution in [-0.4, -0.2) is 6.61 Å². The maximum Gasteiger partial charge on any atom is 0.432 e. The van der Waals surface area contributed by atoms with Crippen LogP contribution in [-0.2, 0) is 17.0 Å². The molecule has 0 radical (unpaired) electrons. The first-order chi connectivity index (χ1) is 17.7. The molecule has 1 aliphatic heterocycles.